The number of amides is 1. The minimum absolute atomic E-state index is 0.140. The number of rotatable bonds is 7. The highest BCUT2D eigenvalue weighted by Crippen LogP contribution is 2.21. The van der Waals surface area contributed by atoms with Crippen LogP contribution in [-0.4, -0.2) is 54.9 Å². The van der Waals surface area contributed by atoms with Gasteiger partial charge in [0.25, 0.3) is 5.91 Å². The van der Waals surface area contributed by atoms with Gasteiger partial charge in [-0.15, -0.1) is 11.3 Å². The molecule has 4 aromatic heterocycles. The zero-order chi connectivity index (χ0) is 23.3. The molecule has 1 aliphatic rings. The van der Waals surface area contributed by atoms with Crippen LogP contribution in [0.1, 0.15) is 22.6 Å². The molecule has 5 heterocycles. The Morgan fingerprint density at radius 2 is 1.88 bits per heavy atom. The molecule has 1 amide bonds. The van der Waals surface area contributed by atoms with Crippen LogP contribution in [0.2, 0.25) is 0 Å². The molecule has 5 rings (SSSR count). The number of thiazole rings is 1. The number of anilines is 4. The van der Waals surface area contributed by atoms with Gasteiger partial charge in [0.1, 0.15) is 23.0 Å². The predicted octanol–water partition coefficient (Wildman–Crippen LogP) is 2.67. The fourth-order valence-corrected chi connectivity index (χ4v) is 4.09. The molecule has 4 aromatic rings. The monoisotopic (exact) mass is 474 g/mol. The zero-order valence-electron chi connectivity index (χ0n) is 18.3. The Kier molecular flexibility index (Phi) is 6.31. The fourth-order valence-electron chi connectivity index (χ4n) is 3.41. The lowest BCUT2D eigenvalue weighted by molar-refractivity contribution is 0.0936. The molecule has 1 saturated heterocycles. The van der Waals surface area contributed by atoms with Crippen LogP contribution in [0.3, 0.4) is 0 Å². The van der Waals surface area contributed by atoms with Crippen molar-refractivity contribution in [3.63, 3.8) is 0 Å². The second-order valence-corrected chi connectivity index (χ2v) is 8.50. The van der Waals surface area contributed by atoms with E-state index in [4.69, 9.17) is 0 Å². The maximum Gasteiger partial charge on any atom is 0.271 e. The first-order valence-corrected chi connectivity index (χ1v) is 11.6. The Morgan fingerprint density at radius 3 is 2.71 bits per heavy atom. The largest absolute Gasteiger partial charge is 0.347 e. The minimum atomic E-state index is -0.183. The van der Waals surface area contributed by atoms with Gasteiger partial charge in [0.05, 0.1) is 0 Å². The van der Waals surface area contributed by atoms with Crippen molar-refractivity contribution < 1.29 is 4.79 Å². The van der Waals surface area contributed by atoms with Gasteiger partial charge in [-0.05, 0) is 44.2 Å². The van der Waals surface area contributed by atoms with Crippen molar-refractivity contribution in [1.29, 1.82) is 0 Å². The van der Waals surface area contributed by atoms with E-state index in [0.717, 1.165) is 25.2 Å². The molecule has 0 saturated carbocycles. The lowest BCUT2D eigenvalue weighted by atomic mass is 10.2. The number of hydrogen-bond acceptors (Lipinski definition) is 11. The quantitative estimate of drug-likeness (QED) is 0.316. The molecule has 12 heteroatoms. The Labute approximate surface area is 199 Å². The van der Waals surface area contributed by atoms with Crippen LogP contribution in [0.5, 0.6) is 0 Å². The Morgan fingerprint density at radius 1 is 1.03 bits per heavy atom. The fraction of sp³-hybridized carbons (Fsp3) is 0.227. The highest BCUT2D eigenvalue weighted by Gasteiger charge is 2.19. The molecule has 172 valence electrons. The van der Waals surface area contributed by atoms with Gasteiger partial charge in [-0.25, -0.2) is 24.9 Å². The van der Waals surface area contributed by atoms with E-state index in [1.54, 1.807) is 29.9 Å². The van der Waals surface area contributed by atoms with Gasteiger partial charge in [0, 0.05) is 36.1 Å². The lowest BCUT2D eigenvalue weighted by Crippen LogP contribution is -2.36. The summed E-state index contributed by atoms with van der Waals surface area (Å²) in [5.41, 5.74) is 1.96. The number of nitrogens with zero attached hydrogens (tertiary/aromatic N) is 6. The first kappa shape index (κ1) is 21.8. The maximum absolute atomic E-state index is 12.4. The topological polar surface area (TPSA) is 143 Å². The summed E-state index contributed by atoms with van der Waals surface area (Å²) in [6.07, 6.45) is 4.21. The summed E-state index contributed by atoms with van der Waals surface area (Å²) in [4.78, 5) is 38.8. The van der Waals surface area contributed by atoms with Crippen LogP contribution < -0.4 is 21.3 Å². The summed E-state index contributed by atoms with van der Waals surface area (Å²) in [7, 11) is 0. The second-order valence-electron chi connectivity index (χ2n) is 7.65. The number of aromatic nitrogens is 6. The Bertz CT molecular complexity index is 1300. The van der Waals surface area contributed by atoms with Gasteiger partial charge in [0.2, 0.25) is 5.95 Å². The molecule has 0 aliphatic carbocycles. The molecular weight excluding hydrogens is 452 g/mol. The van der Waals surface area contributed by atoms with Crippen LogP contribution in [0.15, 0.2) is 48.1 Å². The molecule has 4 N–H and O–H groups in total. The Hall–Kier alpha value is -4.03. The van der Waals surface area contributed by atoms with Crippen molar-refractivity contribution in [2.75, 3.05) is 23.7 Å². The normalized spacial score (nSPS) is 15.1. The first-order chi connectivity index (χ1) is 16.6. The van der Waals surface area contributed by atoms with Crippen molar-refractivity contribution in [3.05, 3.63) is 59.5 Å². The highest BCUT2D eigenvalue weighted by molar-refractivity contribution is 7.14. The number of carbonyl (C=O) groups is 1. The lowest BCUT2D eigenvalue weighted by Gasteiger charge is -2.09. The molecule has 1 fully saturated rings. The van der Waals surface area contributed by atoms with E-state index < -0.39 is 0 Å². The summed E-state index contributed by atoms with van der Waals surface area (Å²) in [6.45, 7) is 3.62. The van der Waals surface area contributed by atoms with Gasteiger partial charge in [0.15, 0.2) is 11.0 Å². The van der Waals surface area contributed by atoms with Gasteiger partial charge < -0.3 is 16.0 Å². The van der Waals surface area contributed by atoms with E-state index in [2.05, 4.69) is 51.2 Å². The van der Waals surface area contributed by atoms with Crippen molar-refractivity contribution in [2.24, 2.45) is 0 Å². The molecule has 0 aromatic carbocycles. The third-order valence-electron chi connectivity index (χ3n) is 5.04. The number of hydrogen-bond donors (Lipinski definition) is 4. The van der Waals surface area contributed by atoms with Gasteiger partial charge in [-0.3, -0.25) is 10.1 Å². The number of aryl methyl sites for hydroxylation is 1. The zero-order valence-corrected chi connectivity index (χ0v) is 19.1. The van der Waals surface area contributed by atoms with E-state index in [0.29, 0.717) is 39.9 Å². The molecule has 0 bridgehead atoms. The average molecular weight is 475 g/mol. The van der Waals surface area contributed by atoms with Crippen LogP contribution in [-0.2, 0) is 0 Å². The number of pyridine rings is 1. The second kappa shape index (κ2) is 9.85. The number of carbonyl (C=O) groups excluding carboxylic acids is 1. The van der Waals surface area contributed by atoms with Crippen molar-refractivity contribution in [2.45, 2.75) is 19.4 Å². The minimum Gasteiger partial charge on any atom is -0.347 e. The molecule has 0 radical (unpaired) electrons. The van der Waals surface area contributed by atoms with Crippen LogP contribution >= 0.6 is 11.3 Å². The van der Waals surface area contributed by atoms with E-state index in [1.807, 2.05) is 25.1 Å². The molecule has 34 heavy (non-hydrogen) atoms. The smallest absolute Gasteiger partial charge is 0.271 e. The standard InChI is InChI=1S/C22H22N10OS/c1-13-3-2-4-15(26-13)19-24-9-6-17(30-19)29-18-7-10-25-21(31-18)32-22-28-16(12-34-22)20(33)27-14-5-8-23-11-14/h2-4,6-7,9-10,12,14,23H,5,8,11H2,1H3,(H,27,33)(H2,24,25,28,29,30,31,32)/t14-/m1/s1. The van der Waals surface area contributed by atoms with Gasteiger partial charge >= 0.3 is 0 Å². The van der Waals surface area contributed by atoms with E-state index in [9.17, 15) is 4.79 Å². The van der Waals surface area contributed by atoms with Crippen LogP contribution in [0, 0.1) is 6.92 Å². The number of nitrogens with one attached hydrogen (secondary N) is 4. The highest BCUT2D eigenvalue weighted by atomic mass is 32.1. The van der Waals surface area contributed by atoms with E-state index >= 15 is 0 Å². The summed E-state index contributed by atoms with van der Waals surface area (Å²) >= 11 is 1.31. The average Bonchev–Trinajstić information content (AvgIpc) is 3.52. The third kappa shape index (κ3) is 5.30. The van der Waals surface area contributed by atoms with Crippen molar-refractivity contribution in [3.8, 4) is 11.5 Å². The molecule has 11 nitrogen and oxygen atoms in total. The summed E-state index contributed by atoms with van der Waals surface area (Å²) in [5, 5.41) is 14.7. The van der Waals surface area contributed by atoms with E-state index in [-0.39, 0.29) is 11.9 Å². The maximum atomic E-state index is 12.4. The van der Waals surface area contributed by atoms with Crippen molar-refractivity contribution >= 4 is 40.0 Å². The first-order valence-electron chi connectivity index (χ1n) is 10.7. The Balaban J connectivity index is 1.25. The summed E-state index contributed by atoms with van der Waals surface area (Å²) in [6, 6.07) is 9.33. The molecule has 1 aliphatic heterocycles. The summed E-state index contributed by atoms with van der Waals surface area (Å²) in [5.74, 6) is 1.80. The van der Waals surface area contributed by atoms with Gasteiger partial charge in [-0.1, -0.05) is 6.07 Å². The third-order valence-corrected chi connectivity index (χ3v) is 5.79. The molecule has 0 unspecified atom stereocenters. The van der Waals surface area contributed by atoms with Crippen molar-refractivity contribution in [1.82, 2.24) is 40.5 Å². The molecule has 1 atom stereocenters. The van der Waals surface area contributed by atoms with Gasteiger partial charge in [-0.2, -0.15) is 4.98 Å². The van der Waals surface area contributed by atoms with Crippen LogP contribution in [0.25, 0.3) is 11.5 Å². The molecular formula is C22H22N10OS. The predicted molar refractivity (Wildman–Crippen MR) is 129 cm³/mol. The molecule has 0 spiro atoms. The van der Waals surface area contributed by atoms with Crippen LogP contribution in [0.4, 0.5) is 22.7 Å². The van der Waals surface area contributed by atoms with E-state index in [1.165, 1.54) is 11.3 Å². The summed E-state index contributed by atoms with van der Waals surface area (Å²) < 4.78 is 0. The SMILES string of the molecule is Cc1cccc(-c2nccc(Nc3ccnc(Nc4nc(C(=O)N[C@@H]5CCNC5)cs4)n3)n2)n1.